The quantitative estimate of drug-likeness (QED) is 0.337. The molecule has 0 aliphatic rings. The van der Waals surface area contributed by atoms with E-state index in [9.17, 15) is 4.79 Å². The molecule has 90 valence electrons. The third-order valence-electron chi connectivity index (χ3n) is 2.00. The molecular formula is C14H22O2. The molecule has 0 spiro atoms. The van der Waals surface area contributed by atoms with E-state index >= 15 is 0 Å². The molecule has 0 saturated heterocycles. The van der Waals surface area contributed by atoms with Crippen molar-refractivity contribution in [2.24, 2.45) is 0 Å². The van der Waals surface area contributed by atoms with Crippen molar-refractivity contribution < 1.29 is 9.53 Å². The van der Waals surface area contributed by atoms with Crippen molar-refractivity contribution in [3.05, 3.63) is 37.0 Å². The molecule has 2 heteroatoms. The Hall–Kier alpha value is -1.31. The lowest BCUT2D eigenvalue weighted by atomic mass is 10.2. The van der Waals surface area contributed by atoms with Gasteiger partial charge in [0.1, 0.15) is 6.61 Å². The summed E-state index contributed by atoms with van der Waals surface area (Å²) in [6.45, 7) is 5.48. The summed E-state index contributed by atoms with van der Waals surface area (Å²) in [6.07, 6.45) is 15.7. The average molecular weight is 222 g/mol. The van der Waals surface area contributed by atoms with Gasteiger partial charge in [0.2, 0.25) is 0 Å². The molecule has 0 saturated carbocycles. The van der Waals surface area contributed by atoms with Crippen molar-refractivity contribution in [3.8, 4) is 0 Å². The number of carbonyl (C=O) groups excluding carboxylic acids is 1. The smallest absolute Gasteiger partial charge is 0.302 e. The van der Waals surface area contributed by atoms with Gasteiger partial charge in [-0.3, -0.25) is 4.79 Å². The first-order chi connectivity index (χ1) is 7.77. The van der Waals surface area contributed by atoms with Gasteiger partial charge in [0, 0.05) is 6.92 Å². The van der Waals surface area contributed by atoms with E-state index < -0.39 is 0 Å². The molecule has 0 bridgehead atoms. The van der Waals surface area contributed by atoms with Crippen molar-refractivity contribution in [1.29, 1.82) is 0 Å². The molecule has 0 amide bonds. The highest BCUT2D eigenvalue weighted by atomic mass is 16.5. The standard InChI is InChI=1S/C14H22O2/c1-3-4-5-6-7-8-9-10-11-12-13-16-14(2)15/h3,6-7,11-12H,1,4-5,8-10,13H2,2H3. The summed E-state index contributed by atoms with van der Waals surface area (Å²) in [4.78, 5) is 10.4. The van der Waals surface area contributed by atoms with Gasteiger partial charge in [0.25, 0.3) is 0 Å². The van der Waals surface area contributed by atoms with Crippen LogP contribution in [0, 0.1) is 0 Å². The fourth-order valence-electron chi connectivity index (χ4n) is 1.15. The molecule has 0 heterocycles. The maximum absolute atomic E-state index is 10.4. The Bertz CT molecular complexity index is 239. The maximum atomic E-state index is 10.4. The predicted molar refractivity (Wildman–Crippen MR) is 68.2 cm³/mol. The summed E-state index contributed by atoms with van der Waals surface area (Å²) < 4.78 is 4.76. The van der Waals surface area contributed by atoms with Crippen molar-refractivity contribution in [1.82, 2.24) is 0 Å². The second-order valence-electron chi connectivity index (χ2n) is 3.54. The van der Waals surface area contributed by atoms with Gasteiger partial charge in [-0.2, -0.15) is 0 Å². The number of unbranched alkanes of at least 4 members (excludes halogenated alkanes) is 3. The first-order valence-electron chi connectivity index (χ1n) is 5.81. The van der Waals surface area contributed by atoms with Crippen LogP contribution >= 0.6 is 0 Å². The summed E-state index contributed by atoms with van der Waals surface area (Å²) in [6, 6.07) is 0. The number of allylic oxidation sites excluding steroid dienone is 4. The zero-order chi connectivity index (χ0) is 12.1. The van der Waals surface area contributed by atoms with Crippen molar-refractivity contribution in [2.75, 3.05) is 6.61 Å². The Labute approximate surface area is 98.7 Å². The van der Waals surface area contributed by atoms with Crippen LogP contribution in [0.2, 0.25) is 0 Å². The van der Waals surface area contributed by atoms with E-state index in [2.05, 4.69) is 24.8 Å². The molecule has 0 fully saturated rings. The Morgan fingerprint density at radius 2 is 1.69 bits per heavy atom. The molecule has 0 aliphatic heterocycles. The Morgan fingerprint density at radius 1 is 1.06 bits per heavy atom. The Morgan fingerprint density at radius 3 is 2.31 bits per heavy atom. The summed E-state index contributed by atoms with van der Waals surface area (Å²) >= 11 is 0. The molecule has 16 heavy (non-hydrogen) atoms. The number of hydrogen-bond donors (Lipinski definition) is 0. The van der Waals surface area contributed by atoms with Gasteiger partial charge < -0.3 is 4.74 Å². The van der Waals surface area contributed by atoms with E-state index in [0.29, 0.717) is 6.61 Å². The predicted octanol–water partition coefficient (Wildman–Crippen LogP) is 3.80. The largest absolute Gasteiger partial charge is 0.462 e. The van der Waals surface area contributed by atoms with Gasteiger partial charge in [-0.15, -0.1) is 6.58 Å². The molecule has 0 N–H and O–H groups in total. The van der Waals surface area contributed by atoms with Crippen LogP contribution in [0.25, 0.3) is 0 Å². The topological polar surface area (TPSA) is 26.3 Å². The summed E-state index contributed by atoms with van der Waals surface area (Å²) in [5, 5.41) is 0. The van der Waals surface area contributed by atoms with Gasteiger partial charge in [-0.25, -0.2) is 0 Å². The molecule has 0 aromatic heterocycles. The molecule has 0 aliphatic carbocycles. The Kier molecular flexibility index (Phi) is 10.8. The number of carbonyl (C=O) groups is 1. The molecule has 0 rings (SSSR count). The zero-order valence-electron chi connectivity index (χ0n) is 10.2. The first kappa shape index (κ1) is 14.7. The van der Waals surface area contributed by atoms with E-state index in [1.165, 1.54) is 6.92 Å². The lowest BCUT2D eigenvalue weighted by Crippen LogP contribution is -1.97. The highest BCUT2D eigenvalue weighted by Gasteiger charge is 1.86. The normalized spacial score (nSPS) is 11.1. The number of esters is 1. The minimum absolute atomic E-state index is 0.227. The Balaban J connectivity index is 3.22. The molecular weight excluding hydrogens is 200 g/mol. The van der Waals surface area contributed by atoms with Gasteiger partial charge in [0.05, 0.1) is 0 Å². The van der Waals surface area contributed by atoms with E-state index in [1.54, 1.807) is 0 Å². The fraction of sp³-hybridized carbons (Fsp3) is 0.500. The number of hydrogen-bond acceptors (Lipinski definition) is 2. The molecule has 0 aromatic carbocycles. The van der Waals surface area contributed by atoms with Crippen LogP contribution in [0.4, 0.5) is 0 Å². The van der Waals surface area contributed by atoms with Crippen LogP contribution in [0.3, 0.4) is 0 Å². The van der Waals surface area contributed by atoms with Gasteiger partial charge >= 0.3 is 5.97 Å². The minimum atomic E-state index is -0.227. The van der Waals surface area contributed by atoms with Crippen LogP contribution in [0.5, 0.6) is 0 Å². The minimum Gasteiger partial charge on any atom is -0.462 e. The number of ether oxygens (including phenoxy) is 1. The first-order valence-corrected chi connectivity index (χ1v) is 5.81. The van der Waals surface area contributed by atoms with Crippen LogP contribution in [-0.4, -0.2) is 12.6 Å². The fourth-order valence-corrected chi connectivity index (χ4v) is 1.15. The third-order valence-corrected chi connectivity index (χ3v) is 2.00. The van der Waals surface area contributed by atoms with E-state index in [-0.39, 0.29) is 5.97 Å². The van der Waals surface area contributed by atoms with E-state index in [4.69, 9.17) is 4.74 Å². The van der Waals surface area contributed by atoms with Crippen LogP contribution in [-0.2, 0) is 9.53 Å². The van der Waals surface area contributed by atoms with Gasteiger partial charge in [-0.1, -0.05) is 30.4 Å². The van der Waals surface area contributed by atoms with Gasteiger partial charge in [-0.05, 0) is 32.1 Å². The highest BCUT2D eigenvalue weighted by molar-refractivity contribution is 5.65. The van der Waals surface area contributed by atoms with Crippen LogP contribution < -0.4 is 0 Å². The third kappa shape index (κ3) is 12.7. The van der Waals surface area contributed by atoms with E-state index in [0.717, 1.165) is 32.1 Å². The second-order valence-corrected chi connectivity index (χ2v) is 3.54. The maximum Gasteiger partial charge on any atom is 0.302 e. The molecule has 2 nitrogen and oxygen atoms in total. The summed E-state index contributed by atoms with van der Waals surface area (Å²) in [5.41, 5.74) is 0. The van der Waals surface area contributed by atoms with Crippen LogP contribution in [0.1, 0.15) is 39.0 Å². The lowest BCUT2D eigenvalue weighted by molar-refractivity contribution is -0.139. The summed E-state index contributed by atoms with van der Waals surface area (Å²) in [5.74, 6) is -0.227. The van der Waals surface area contributed by atoms with E-state index in [1.807, 2.05) is 12.2 Å². The zero-order valence-corrected chi connectivity index (χ0v) is 10.2. The monoisotopic (exact) mass is 222 g/mol. The SMILES string of the molecule is C=CCCC=CCCCC=CCOC(C)=O. The van der Waals surface area contributed by atoms with Crippen molar-refractivity contribution in [3.63, 3.8) is 0 Å². The van der Waals surface area contributed by atoms with Crippen molar-refractivity contribution >= 4 is 5.97 Å². The molecule has 0 aromatic rings. The molecule has 0 unspecified atom stereocenters. The average Bonchev–Trinajstić information content (AvgIpc) is 2.25. The lowest BCUT2D eigenvalue weighted by Gasteiger charge is -1.94. The summed E-state index contributed by atoms with van der Waals surface area (Å²) in [7, 11) is 0. The molecule has 0 radical (unpaired) electrons. The number of rotatable bonds is 9. The van der Waals surface area contributed by atoms with Crippen molar-refractivity contribution in [2.45, 2.75) is 39.0 Å². The molecule has 0 atom stereocenters. The highest BCUT2D eigenvalue weighted by Crippen LogP contribution is 2.00. The second kappa shape index (κ2) is 11.8. The van der Waals surface area contributed by atoms with Crippen LogP contribution in [0.15, 0.2) is 37.0 Å². The van der Waals surface area contributed by atoms with Gasteiger partial charge in [0.15, 0.2) is 0 Å².